The van der Waals surface area contributed by atoms with Gasteiger partial charge in [0.1, 0.15) is 18.0 Å². The Balaban J connectivity index is 2.12. The van der Waals surface area contributed by atoms with Gasteiger partial charge in [-0.05, 0) is 30.7 Å². The number of aryl methyl sites for hydroxylation is 1. The molecule has 0 saturated heterocycles. The Morgan fingerprint density at radius 2 is 2.26 bits per heavy atom. The predicted octanol–water partition coefficient (Wildman–Crippen LogP) is 2.07. The number of anilines is 2. The van der Waals surface area contributed by atoms with Crippen molar-refractivity contribution < 1.29 is 19.4 Å². The van der Waals surface area contributed by atoms with Gasteiger partial charge in [0.2, 0.25) is 0 Å². The molecular formula is C17H18N2O4. The van der Waals surface area contributed by atoms with E-state index in [1.807, 2.05) is 30.0 Å². The maximum Gasteiger partial charge on any atom is 0.341 e. The molecule has 3 rings (SSSR count). The number of para-hydroxylation sites is 1. The fourth-order valence-electron chi connectivity index (χ4n) is 2.64. The summed E-state index contributed by atoms with van der Waals surface area (Å²) < 4.78 is 10.5. The molecule has 6 nitrogen and oxygen atoms in total. The third-order valence-electron chi connectivity index (χ3n) is 3.80. The first-order valence-corrected chi connectivity index (χ1v) is 7.32. The van der Waals surface area contributed by atoms with Crippen LogP contribution in [0.4, 0.5) is 11.5 Å². The number of carbonyl (C=O) groups is 1. The van der Waals surface area contributed by atoms with Crippen molar-refractivity contribution in [2.75, 3.05) is 25.2 Å². The standard InChI is InChI=1S/C17H18N2O4/c1-11-6-7-15(18-8-11)19-12(9-20)10-23-16-13(17(21)22-2)4-3-5-14(16)19/h3-8,12,20H,9-10H2,1-2H3/t12-/m0/s1. The van der Waals surface area contributed by atoms with Crippen LogP contribution in [0.2, 0.25) is 0 Å². The number of aliphatic hydroxyl groups is 1. The van der Waals surface area contributed by atoms with Crippen molar-refractivity contribution in [2.24, 2.45) is 0 Å². The average molecular weight is 314 g/mol. The van der Waals surface area contributed by atoms with Gasteiger partial charge >= 0.3 is 5.97 Å². The van der Waals surface area contributed by atoms with Crippen LogP contribution in [0.25, 0.3) is 0 Å². The van der Waals surface area contributed by atoms with E-state index in [4.69, 9.17) is 9.47 Å². The van der Waals surface area contributed by atoms with Crippen LogP contribution in [0.3, 0.4) is 0 Å². The van der Waals surface area contributed by atoms with Crippen molar-refractivity contribution in [3.05, 3.63) is 47.7 Å². The van der Waals surface area contributed by atoms with Crippen LogP contribution in [0.5, 0.6) is 5.75 Å². The zero-order chi connectivity index (χ0) is 16.4. The zero-order valence-electron chi connectivity index (χ0n) is 13.0. The Morgan fingerprint density at radius 1 is 1.43 bits per heavy atom. The number of nitrogens with zero attached hydrogens (tertiary/aromatic N) is 2. The Hall–Kier alpha value is -2.60. The summed E-state index contributed by atoms with van der Waals surface area (Å²) in [7, 11) is 1.33. The van der Waals surface area contributed by atoms with E-state index in [0.717, 1.165) is 5.56 Å². The summed E-state index contributed by atoms with van der Waals surface area (Å²) in [4.78, 5) is 18.3. The highest BCUT2D eigenvalue weighted by atomic mass is 16.5. The van der Waals surface area contributed by atoms with Crippen LogP contribution in [0.15, 0.2) is 36.5 Å². The second kappa shape index (κ2) is 6.26. The largest absolute Gasteiger partial charge is 0.488 e. The molecule has 6 heteroatoms. The van der Waals surface area contributed by atoms with E-state index in [-0.39, 0.29) is 19.3 Å². The lowest BCUT2D eigenvalue weighted by atomic mass is 10.1. The summed E-state index contributed by atoms with van der Waals surface area (Å²) in [5, 5.41) is 9.69. The van der Waals surface area contributed by atoms with Crippen molar-refractivity contribution in [1.29, 1.82) is 0 Å². The van der Waals surface area contributed by atoms with Crippen molar-refractivity contribution in [3.8, 4) is 5.75 Å². The van der Waals surface area contributed by atoms with Gasteiger partial charge in [0, 0.05) is 6.20 Å². The summed E-state index contributed by atoms with van der Waals surface area (Å²) in [5.74, 6) is 0.689. The number of hydrogen-bond donors (Lipinski definition) is 1. The van der Waals surface area contributed by atoms with Gasteiger partial charge in [0.05, 0.1) is 25.4 Å². The fraction of sp³-hybridized carbons (Fsp3) is 0.294. The molecule has 0 spiro atoms. The molecule has 120 valence electrons. The minimum Gasteiger partial charge on any atom is -0.488 e. The van der Waals surface area contributed by atoms with Crippen molar-refractivity contribution in [1.82, 2.24) is 4.98 Å². The number of benzene rings is 1. The molecule has 0 aliphatic carbocycles. The molecule has 23 heavy (non-hydrogen) atoms. The molecule has 0 saturated carbocycles. The predicted molar refractivity (Wildman–Crippen MR) is 85.3 cm³/mol. The van der Waals surface area contributed by atoms with Gasteiger partial charge in [-0.2, -0.15) is 0 Å². The molecule has 0 unspecified atom stereocenters. The number of aliphatic hydroxyl groups excluding tert-OH is 1. The number of esters is 1. The number of ether oxygens (including phenoxy) is 2. The third kappa shape index (κ3) is 2.73. The molecule has 2 aromatic rings. The van der Waals surface area contributed by atoms with E-state index in [9.17, 15) is 9.90 Å². The quantitative estimate of drug-likeness (QED) is 0.875. The second-order valence-corrected chi connectivity index (χ2v) is 5.36. The van der Waals surface area contributed by atoms with E-state index in [1.54, 1.807) is 18.3 Å². The minimum absolute atomic E-state index is 0.0859. The van der Waals surface area contributed by atoms with Gasteiger partial charge in [-0.1, -0.05) is 12.1 Å². The molecule has 1 aliphatic rings. The molecule has 1 aromatic carbocycles. The Morgan fingerprint density at radius 3 is 2.91 bits per heavy atom. The smallest absolute Gasteiger partial charge is 0.341 e. The van der Waals surface area contributed by atoms with Gasteiger partial charge < -0.3 is 19.5 Å². The first-order chi connectivity index (χ1) is 11.2. The van der Waals surface area contributed by atoms with E-state index in [2.05, 4.69) is 4.98 Å². The van der Waals surface area contributed by atoms with Gasteiger partial charge in [-0.25, -0.2) is 9.78 Å². The number of aromatic nitrogens is 1. The Kier molecular flexibility index (Phi) is 4.16. The average Bonchev–Trinajstić information content (AvgIpc) is 2.60. The Bertz CT molecular complexity index is 715. The van der Waals surface area contributed by atoms with Crippen molar-refractivity contribution in [3.63, 3.8) is 0 Å². The van der Waals surface area contributed by atoms with E-state index >= 15 is 0 Å². The summed E-state index contributed by atoms with van der Waals surface area (Å²) in [5.41, 5.74) is 2.10. The maximum atomic E-state index is 11.9. The van der Waals surface area contributed by atoms with E-state index < -0.39 is 5.97 Å². The highest BCUT2D eigenvalue weighted by molar-refractivity contribution is 5.95. The molecule has 1 N–H and O–H groups in total. The van der Waals surface area contributed by atoms with Crippen LogP contribution in [-0.2, 0) is 4.74 Å². The van der Waals surface area contributed by atoms with Gasteiger partial charge in [-0.15, -0.1) is 0 Å². The molecule has 2 heterocycles. The first kappa shape index (κ1) is 15.3. The lowest BCUT2D eigenvalue weighted by Crippen LogP contribution is -2.43. The van der Waals surface area contributed by atoms with E-state index in [1.165, 1.54) is 7.11 Å². The summed E-state index contributed by atoms with van der Waals surface area (Å²) >= 11 is 0. The fourth-order valence-corrected chi connectivity index (χ4v) is 2.64. The molecule has 1 aliphatic heterocycles. The van der Waals surface area contributed by atoms with Crippen molar-refractivity contribution in [2.45, 2.75) is 13.0 Å². The van der Waals surface area contributed by atoms with Crippen molar-refractivity contribution >= 4 is 17.5 Å². The maximum absolute atomic E-state index is 11.9. The lowest BCUT2D eigenvalue weighted by Gasteiger charge is -2.37. The molecule has 0 bridgehead atoms. The molecule has 1 aromatic heterocycles. The van der Waals surface area contributed by atoms with Crippen LogP contribution in [0.1, 0.15) is 15.9 Å². The second-order valence-electron chi connectivity index (χ2n) is 5.36. The first-order valence-electron chi connectivity index (χ1n) is 7.32. The van der Waals surface area contributed by atoms with Gasteiger partial charge in [-0.3, -0.25) is 0 Å². The minimum atomic E-state index is -0.457. The Labute approximate surface area is 134 Å². The number of hydrogen-bond acceptors (Lipinski definition) is 6. The van der Waals surface area contributed by atoms with Crippen LogP contribution in [0, 0.1) is 6.92 Å². The molecule has 0 fully saturated rings. The molecule has 0 amide bonds. The zero-order valence-corrected chi connectivity index (χ0v) is 13.0. The normalized spacial score (nSPS) is 16.5. The van der Waals surface area contributed by atoms with Gasteiger partial charge in [0.15, 0.2) is 5.75 Å². The van der Waals surface area contributed by atoms with Gasteiger partial charge in [0.25, 0.3) is 0 Å². The third-order valence-corrected chi connectivity index (χ3v) is 3.80. The monoisotopic (exact) mass is 314 g/mol. The van der Waals surface area contributed by atoms with Crippen LogP contribution >= 0.6 is 0 Å². The number of pyridine rings is 1. The molecule has 1 atom stereocenters. The number of carbonyl (C=O) groups excluding carboxylic acids is 1. The SMILES string of the molecule is COC(=O)c1cccc2c1OC[C@H](CO)N2c1ccc(C)cn1. The highest BCUT2D eigenvalue weighted by Gasteiger charge is 2.32. The van der Waals surface area contributed by atoms with E-state index in [0.29, 0.717) is 22.8 Å². The number of methoxy groups -OCH3 is 1. The van der Waals surface area contributed by atoms with Crippen LogP contribution in [-0.4, -0.2) is 42.4 Å². The topological polar surface area (TPSA) is 71.9 Å². The highest BCUT2D eigenvalue weighted by Crippen LogP contribution is 2.40. The summed E-state index contributed by atoms with van der Waals surface area (Å²) in [6, 6.07) is 8.82. The summed E-state index contributed by atoms with van der Waals surface area (Å²) in [6.45, 7) is 2.13. The molecule has 0 radical (unpaired) electrons. The van der Waals surface area contributed by atoms with Crippen LogP contribution < -0.4 is 9.64 Å². The number of rotatable bonds is 3. The number of fused-ring (bicyclic) bond motifs is 1. The molecular weight excluding hydrogens is 296 g/mol. The lowest BCUT2D eigenvalue weighted by molar-refractivity contribution is 0.0594. The summed E-state index contributed by atoms with van der Waals surface area (Å²) in [6.07, 6.45) is 1.77.